The van der Waals surface area contributed by atoms with E-state index in [4.69, 9.17) is 4.74 Å². The Morgan fingerprint density at radius 2 is 2.04 bits per heavy atom. The van der Waals surface area contributed by atoms with Crippen LogP contribution in [0.5, 0.6) is 0 Å². The van der Waals surface area contributed by atoms with Gasteiger partial charge >= 0.3 is 0 Å². The summed E-state index contributed by atoms with van der Waals surface area (Å²) in [6, 6.07) is 13.3. The zero-order chi connectivity index (χ0) is 17.2. The second-order valence-electron chi connectivity index (χ2n) is 6.09. The van der Waals surface area contributed by atoms with Crippen LogP contribution in [0.1, 0.15) is 10.4 Å². The number of aromatic nitrogens is 2. The predicted octanol–water partition coefficient (Wildman–Crippen LogP) is 1.83. The maximum atomic E-state index is 12.8. The molecule has 0 unspecified atom stereocenters. The third kappa shape index (κ3) is 3.01. The number of rotatable bonds is 3. The van der Waals surface area contributed by atoms with Crippen LogP contribution in [-0.4, -0.2) is 57.7 Å². The molecule has 1 aromatic carbocycles. The van der Waals surface area contributed by atoms with Gasteiger partial charge in [0.2, 0.25) is 0 Å². The van der Waals surface area contributed by atoms with Gasteiger partial charge in [0.05, 0.1) is 37.1 Å². The van der Waals surface area contributed by atoms with Crippen LogP contribution in [0.2, 0.25) is 0 Å². The molecule has 25 heavy (non-hydrogen) atoms. The topological polar surface area (TPSA) is 67.1 Å². The van der Waals surface area contributed by atoms with Crippen molar-refractivity contribution in [1.29, 1.82) is 0 Å². The average Bonchev–Trinajstić information content (AvgIpc) is 3.11. The van der Waals surface area contributed by atoms with Crippen molar-refractivity contribution < 1.29 is 14.6 Å². The molecule has 1 fully saturated rings. The summed E-state index contributed by atoms with van der Waals surface area (Å²) in [7, 11) is 0. The summed E-state index contributed by atoms with van der Waals surface area (Å²) in [5.74, 6) is -0.0980. The number of aliphatic hydroxyl groups is 1. The van der Waals surface area contributed by atoms with Gasteiger partial charge in [0.25, 0.3) is 5.91 Å². The number of nitrogens with zero attached hydrogens (tertiary/aromatic N) is 3. The Kier molecular flexibility index (Phi) is 4.21. The molecular formula is C19H19N3O3. The zero-order valence-electron chi connectivity index (χ0n) is 13.7. The molecule has 128 valence electrons. The maximum absolute atomic E-state index is 12.8. The van der Waals surface area contributed by atoms with E-state index in [0.717, 1.165) is 16.9 Å². The molecule has 2 aromatic heterocycles. The number of amides is 1. The number of ether oxygens (including phenoxy) is 1. The Bertz CT molecular complexity index is 891. The van der Waals surface area contributed by atoms with Crippen LogP contribution in [0.4, 0.5) is 0 Å². The predicted molar refractivity (Wildman–Crippen MR) is 93.4 cm³/mol. The lowest BCUT2D eigenvalue weighted by Crippen LogP contribution is -2.50. The van der Waals surface area contributed by atoms with E-state index in [2.05, 4.69) is 4.98 Å². The van der Waals surface area contributed by atoms with Gasteiger partial charge in [0.15, 0.2) is 0 Å². The molecule has 0 saturated carbocycles. The van der Waals surface area contributed by atoms with Crippen LogP contribution >= 0.6 is 0 Å². The Morgan fingerprint density at radius 1 is 1.20 bits per heavy atom. The molecule has 0 bridgehead atoms. The van der Waals surface area contributed by atoms with Crippen LogP contribution in [0.25, 0.3) is 16.9 Å². The van der Waals surface area contributed by atoms with Gasteiger partial charge in [-0.05, 0) is 12.1 Å². The number of pyridine rings is 1. The SMILES string of the molecule is O=C(c1ccc2nc(-c3ccccc3)cn2c1)N1CCOC[C@H]1CO. The molecule has 1 amide bonds. The molecule has 1 atom stereocenters. The van der Waals surface area contributed by atoms with E-state index >= 15 is 0 Å². The van der Waals surface area contributed by atoms with Gasteiger partial charge in [-0.3, -0.25) is 4.79 Å². The lowest BCUT2D eigenvalue weighted by atomic mass is 10.2. The normalized spacial score (nSPS) is 17.8. The number of fused-ring (bicyclic) bond motifs is 1. The molecule has 4 rings (SSSR count). The smallest absolute Gasteiger partial charge is 0.255 e. The van der Waals surface area contributed by atoms with E-state index in [-0.39, 0.29) is 18.6 Å². The summed E-state index contributed by atoms with van der Waals surface area (Å²) >= 11 is 0. The summed E-state index contributed by atoms with van der Waals surface area (Å²) in [4.78, 5) is 19.1. The second kappa shape index (κ2) is 6.66. The molecule has 1 aliphatic rings. The van der Waals surface area contributed by atoms with Gasteiger partial charge in [-0.2, -0.15) is 0 Å². The Labute approximate surface area is 145 Å². The zero-order valence-corrected chi connectivity index (χ0v) is 13.7. The summed E-state index contributed by atoms with van der Waals surface area (Å²) in [5, 5.41) is 9.47. The van der Waals surface area contributed by atoms with E-state index < -0.39 is 0 Å². The summed E-state index contributed by atoms with van der Waals surface area (Å²) < 4.78 is 7.21. The van der Waals surface area contributed by atoms with E-state index in [0.29, 0.717) is 25.3 Å². The molecule has 3 heterocycles. The Balaban J connectivity index is 1.65. The van der Waals surface area contributed by atoms with E-state index in [1.165, 1.54) is 0 Å². The third-order valence-electron chi connectivity index (χ3n) is 4.47. The molecule has 6 heteroatoms. The minimum absolute atomic E-state index is 0.0980. The van der Waals surface area contributed by atoms with Crippen molar-refractivity contribution in [2.75, 3.05) is 26.4 Å². The van der Waals surface area contributed by atoms with Gasteiger partial charge in [0, 0.05) is 24.5 Å². The fourth-order valence-corrected chi connectivity index (χ4v) is 3.11. The monoisotopic (exact) mass is 337 g/mol. The van der Waals surface area contributed by atoms with Crippen LogP contribution in [0, 0.1) is 0 Å². The molecule has 0 radical (unpaired) electrons. The molecule has 1 saturated heterocycles. The fourth-order valence-electron chi connectivity index (χ4n) is 3.11. The lowest BCUT2D eigenvalue weighted by molar-refractivity contribution is -0.0184. The number of benzene rings is 1. The van der Waals surface area contributed by atoms with Crippen LogP contribution < -0.4 is 0 Å². The number of carbonyl (C=O) groups is 1. The van der Waals surface area contributed by atoms with Gasteiger partial charge < -0.3 is 19.1 Å². The van der Waals surface area contributed by atoms with Gasteiger partial charge in [-0.15, -0.1) is 0 Å². The highest BCUT2D eigenvalue weighted by atomic mass is 16.5. The molecule has 3 aromatic rings. The van der Waals surface area contributed by atoms with Crippen molar-refractivity contribution in [3.63, 3.8) is 0 Å². The van der Waals surface area contributed by atoms with Crippen molar-refractivity contribution in [2.24, 2.45) is 0 Å². The van der Waals surface area contributed by atoms with Crippen molar-refractivity contribution in [3.8, 4) is 11.3 Å². The minimum Gasteiger partial charge on any atom is -0.394 e. The number of hydrogen-bond acceptors (Lipinski definition) is 4. The van der Waals surface area contributed by atoms with Crippen LogP contribution in [0.15, 0.2) is 54.9 Å². The number of imidazole rings is 1. The minimum atomic E-state index is -0.292. The largest absolute Gasteiger partial charge is 0.394 e. The van der Waals surface area contributed by atoms with Gasteiger partial charge in [-0.25, -0.2) is 4.98 Å². The number of carbonyl (C=O) groups excluding carboxylic acids is 1. The first-order valence-electron chi connectivity index (χ1n) is 8.30. The number of hydrogen-bond donors (Lipinski definition) is 1. The first-order valence-corrected chi connectivity index (χ1v) is 8.30. The van der Waals surface area contributed by atoms with Gasteiger partial charge in [-0.1, -0.05) is 30.3 Å². The highest BCUT2D eigenvalue weighted by molar-refractivity contribution is 5.94. The van der Waals surface area contributed by atoms with Gasteiger partial charge in [0.1, 0.15) is 5.65 Å². The van der Waals surface area contributed by atoms with E-state index in [9.17, 15) is 9.90 Å². The first-order chi connectivity index (χ1) is 12.3. The number of aliphatic hydroxyl groups excluding tert-OH is 1. The fraction of sp³-hybridized carbons (Fsp3) is 0.263. The molecule has 1 aliphatic heterocycles. The standard InChI is InChI=1S/C19H19N3O3/c23-12-16-13-25-9-8-22(16)19(24)15-6-7-18-20-17(11-21(18)10-15)14-4-2-1-3-5-14/h1-7,10-11,16,23H,8-9,12-13H2/t16-/m1/s1. The Morgan fingerprint density at radius 3 is 2.84 bits per heavy atom. The molecule has 1 N–H and O–H groups in total. The molecule has 0 spiro atoms. The third-order valence-corrected chi connectivity index (χ3v) is 4.47. The average molecular weight is 337 g/mol. The lowest BCUT2D eigenvalue weighted by Gasteiger charge is -2.34. The van der Waals surface area contributed by atoms with Crippen molar-refractivity contribution >= 4 is 11.6 Å². The quantitative estimate of drug-likeness (QED) is 0.792. The van der Waals surface area contributed by atoms with E-state index in [1.807, 2.05) is 47.0 Å². The molecule has 6 nitrogen and oxygen atoms in total. The highest BCUT2D eigenvalue weighted by Crippen LogP contribution is 2.20. The number of morpholine rings is 1. The summed E-state index contributed by atoms with van der Waals surface area (Å²) in [6.45, 7) is 1.25. The highest BCUT2D eigenvalue weighted by Gasteiger charge is 2.27. The van der Waals surface area contributed by atoms with Crippen LogP contribution in [0.3, 0.4) is 0 Å². The summed E-state index contributed by atoms with van der Waals surface area (Å²) in [5.41, 5.74) is 3.26. The van der Waals surface area contributed by atoms with Crippen molar-refractivity contribution in [3.05, 3.63) is 60.4 Å². The van der Waals surface area contributed by atoms with Crippen LogP contribution in [-0.2, 0) is 4.74 Å². The van der Waals surface area contributed by atoms with Crippen molar-refractivity contribution in [1.82, 2.24) is 14.3 Å². The maximum Gasteiger partial charge on any atom is 0.255 e. The van der Waals surface area contributed by atoms with E-state index in [1.54, 1.807) is 17.2 Å². The molecular weight excluding hydrogens is 318 g/mol. The molecule has 0 aliphatic carbocycles. The first kappa shape index (κ1) is 15.8. The summed E-state index contributed by atoms with van der Waals surface area (Å²) in [6.07, 6.45) is 3.71. The second-order valence-corrected chi connectivity index (χ2v) is 6.09. The van der Waals surface area contributed by atoms with Crippen molar-refractivity contribution in [2.45, 2.75) is 6.04 Å². The Hall–Kier alpha value is -2.70.